The Kier molecular flexibility index (Phi) is 6.54. The van der Waals surface area contributed by atoms with Gasteiger partial charge in [-0.05, 0) is 120 Å². The number of hydrogen-bond donors (Lipinski definition) is 0. The first-order chi connectivity index (χ1) is 16.2. The fraction of sp³-hybridized carbons (Fsp3) is 0.613. The summed E-state index contributed by atoms with van der Waals surface area (Å²) in [6, 6.07) is 15.9. The molecule has 1 atom stereocenters. The zero-order chi connectivity index (χ0) is 24.0. The quantitative estimate of drug-likeness (QED) is 0.493. The molecular formula is C31H45N3. The highest BCUT2D eigenvalue weighted by molar-refractivity contribution is 5.60. The molecule has 0 aliphatic carbocycles. The molecule has 2 aromatic rings. The van der Waals surface area contributed by atoms with Crippen molar-refractivity contribution in [2.75, 3.05) is 24.5 Å². The number of benzene rings is 2. The van der Waals surface area contributed by atoms with E-state index in [1.165, 1.54) is 62.1 Å². The van der Waals surface area contributed by atoms with Crippen molar-refractivity contribution in [2.24, 2.45) is 0 Å². The van der Waals surface area contributed by atoms with Gasteiger partial charge in [-0.1, -0.05) is 30.3 Å². The van der Waals surface area contributed by atoms with E-state index in [1.54, 1.807) is 16.7 Å². The molecule has 2 aromatic carbocycles. The van der Waals surface area contributed by atoms with Gasteiger partial charge in [0.15, 0.2) is 0 Å². The Bertz CT molecular complexity index is 1020. The average Bonchev–Trinajstić information content (AvgIpc) is 3.34. The Balaban J connectivity index is 1.30. The van der Waals surface area contributed by atoms with Gasteiger partial charge in [0, 0.05) is 42.9 Å². The van der Waals surface area contributed by atoms with Crippen LogP contribution in [0.2, 0.25) is 0 Å². The summed E-state index contributed by atoms with van der Waals surface area (Å²) in [6.45, 7) is 19.9. The predicted molar refractivity (Wildman–Crippen MR) is 145 cm³/mol. The molecule has 0 aromatic heterocycles. The lowest BCUT2D eigenvalue weighted by Crippen LogP contribution is -2.42. The van der Waals surface area contributed by atoms with Gasteiger partial charge in [-0.15, -0.1) is 0 Å². The van der Waals surface area contributed by atoms with Crippen LogP contribution in [0, 0.1) is 0 Å². The van der Waals surface area contributed by atoms with Gasteiger partial charge in [0.25, 0.3) is 0 Å². The Morgan fingerprint density at radius 3 is 2.32 bits per heavy atom. The molecule has 5 rings (SSSR count). The van der Waals surface area contributed by atoms with Crippen LogP contribution in [0.15, 0.2) is 36.4 Å². The molecule has 3 nitrogen and oxygen atoms in total. The van der Waals surface area contributed by atoms with E-state index in [-0.39, 0.29) is 5.54 Å². The molecular weight excluding hydrogens is 414 g/mol. The molecule has 0 bridgehead atoms. The van der Waals surface area contributed by atoms with Gasteiger partial charge >= 0.3 is 0 Å². The zero-order valence-electron chi connectivity index (χ0n) is 22.4. The number of likely N-dealkylation sites (tertiary alicyclic amines) is 1. The molecule has 3 heteroatoms. The smallest absolute Gasteiger partial charge is 0.0404 e. The monoisotopic (exact) mass is 459 g/mol. The molecule has 0 spiro atoms. The van der Waals surface area contributed by atoms with E-state index in [0.29, 0.717) is 18.0 Å². The summed E-state index contributed by atoms with van der Waals surface area (Å²) in [7, 11) is 0. The summed E-state index contributed by atoms with van der Waals surface area (Å²) in [5, 5.41) is 0. The van der Waals surface area contributed by atoms with Gasteiger partial charge in [-0.3, -0.25) is 9.80 Å². The second kappa shape index (κ2) is 9.32. The molecule has 3 aliphatic rings. The van der Waals surface area contributed by atoms with E-state index in [9.17, 15) is 0 Å². The van der Waals surface area contributed by atoms with E-state index >= 15 is 0 Å². The summed E-state index contributed by atoms with van der Waals surface area (Å²) >= 11 is 0. The number of rotatable bonds is 5. The van der Waals surface area contributed by atoms with Crippen LogP contribution in [0.1, 0.15) is 94.5 Å². The molecule has 0 saturated carbocycles. The lowest BCUT2D eigenvalue weighted by molar-refractivity contribution is 0.124. The molecule has 1 saturated heterocycles. The highest BCUT2D eigenvalue weighted by Crippen LogP contribution is 2.39. The Hall–Kier alpha value is -1.84. The van der Waals surface area contributed by atoms with Gasteiger partial charge in [-0.2, -0.15) is 0 Å². The van der Waals surface area contributed by atoms with Gasteiger partial charge in [0.05, 0.1) is 0 Å². The van der Waals surface area contributed by atoms with Crippen LogP contribution in [0.25, 0.3) is 0 Å². The molecule has 3 heterocycles. The van der Waals surface area contributed by atoms with Gasteiger partial charge in [0.2, 0.25) is 0 Å². The van der Waals surface area contributed by atoms with Crippen molar-refractivity contribution >= 4 is 5.69 Å². The lowest BCUT2D eigenvalue weighted by Gasteiger charge is -2.39. The molecule has 184 valence electrons. The molecule has 1 fully saturated rings. The topological polar surface area (TPSA) is 9.72 Å². The molecule has 0 amide bonds. The van der Waals surface area contributed by atoms with Crippen molar-refractivity contribution in [1.82, 2.24) is 9.80 Å². The van der Waals surface area contributed by atoms with Crippen LogP contribution in [-0.4, -0.2) is 41.5 Å². The summed E-state index contributed by atoms with van der Waals surface area (Å²) in [6.07, 6.45) is 5.05. The van der Waals surface area contributed by atoms with Gasteiger partial charge in [-0.25, -0.2) is 0 Å². The molecule has 3 aliphatic heterocycles. The van der Waals surface area contributed by atoms with Crippen molar-refractivity contribution in [3.63, 3.8) is 0 Å². The van der Waals surface area contributed by atoms with Crippen LogP contribution < -0.4 is 4.90 Å². The lowest BCUT2D eigenvalue weighted by atomic mass is 9.89. The minimum atomic E-state index is 0.0710. The summed E-state index contributed by atoms with van der Waals surface area (Å²) in [5.41, 5.74) is 9.24. The zero-order valence-corrected chi connectivity index (χ0v) is 22.4. The Morgan fingerprint density at radius 1 is 0.794 bits per heavy atom. The summed E-state index contributed by atoms with van der Waals surface area (Å²) < 4.78 is 0. The second-order valence-electron chi connectivity index (χ2n) is 12.1. The third kappa shape index (κ3) is 4.42. The van der Waals surface area contributed by atoms with E-state index in [1.807, 2.05) is 0 Å². The number of nitrogens with zero attached hydrogens (tertiary/aromatic N) is 3. The normalized spacial score (nSPS) is 21.9. The minimum Gasteiger partial charge on any atom is -0.369 e. The standard InChI is InChI=1S/C31H45N3/c1-22(2)32-20-27-11-12-29(18-28(27)21-32)31(5,6)33-15-7-8-24(13-16-33)26-10-9-25-14-17-34(23(3)4)30(25)19-26/h9-12,18-19,22-24H,7-8,13-17,20-21H2,1-6H3. The maximum Gasteiger partial charge on any atom is 0.0404 e. The van der Waals surface area contributed by atoms with E-state index < -0.39 is 0 Å². The predicted octanol–water partition coefficient (Wildman–Crippen LogP) is 6.69. The highest BCUT2D eigenvalue weighted by atomic mass is 15.2. The number of fused-ring (bicyclic) bond motifs is 2. The van der Waals surface area contributed by atoms with E-state index in [2.05, 4.69) is 92.6 Å². The first-order valence-corrected chi connectivity index (χ1v) is 13.7. The van der Waals surface area contributed by atoms with Gasteiger partial charge in [0.1, 0.15) is 0 Å². The Morgan fingerprint density at radius 2 is 1.56 bits per heavy atom. The van der Waals surface area contributed by atoms with Crippen molar-refractivity contribution < 1.29 is 0 Å². The third-order valence-electron chi connectivity index (χ3n) is 9.04. The summed E-state index contributed by atoms with van der Waals surface area (Å²) in [5.74, 6) is 0.681. The number of hydrogen-bond acceptors (Lipinski definition) is 3. The Labute approximate surface area is 208 Å². The maximum atomic E-state index is 2.76. The SMILES string of the molecule is CC(C)N1Cc2ccc(C(C)(C)N3CCCC(c4ccc5c(c4)N(C(C)C)CC5)CC3)cc2C1. The van der Waals surface area contributed by atoms with E-state index in [4.69, 9.17) is 0 Å². The second-order valence-corrected chi connectivity index (χ2v) is 12.1. The maximum absolute atomic E-state index is 2.76. The first-order valence-electron chi connectivity index (χ1n) is 13.7. The molecule has 1 unspecified atom stereocenters. The van der Waals surface area contributed by atoms with E-state index in [0.717, 1.165) is 13.1 Å². The third-order valence-corrected chi connectivity index (χ3v) is 9.04. The van der Waals surface area contributed by atoms with Crippen molar-refractivity contribution in [3.8, 4) is 0 Å². The van der Waals surface area contributed by atoms with Crippen LogP contribution in [0.3, 0.4) is 0 Å². The highest BCUT2D eigenvalue weighted by Gasteiger charge is 2.33. The van der Waals surface area contributed by atoms with Crippen LogP contribution in [0.4, 0.5) is 5.69 Å². The van der Waals surface area contributed by atoms with Crippen LogP contribution in [0.5, 0.6) is 0 Å². The molecule has 0 N–H and O–H groups in total. The van der Waals surface area contributed by atoms with Crippen molar-refractivity contribution in [3.05, 3.63) is 64.2 Å². The number of anilines is 1. The minimum absolute atomic E-state index is 0.0710. The first kappa shape index (κ1) is 23.9. The molecule has 0 radical (unpaired) electrons. The summed E-state index contributed by atoms with van der Waals surface area (Å²) in [4.78, 5) is 7.94. The van der Waals surface area contributed by atoms with Crippen molar-refractivity contribution in [1.29, 1.82) is 0 Å². The fourth-order valence-corrected chi connectivity index (χ4v) is 6.55. The average molecular weight is 460 g/mol. The fourth-order valence-electron chi connectivity index (χ4n) is 6.55. The van der Waals surface area contributed by atoms with Gasteiger partial charge < -0.3 is 4.90 Å². The van der Waals surface area contributed by atoms with Crippen LogP contribution >= 0.6 is 0 Å². The molecule has 34 heavy (non-hydrogen) atoms. The van der Waals surface area contributed by atoms with Crippen molar-refractivity contribution in [2.45, 2.75) is 104 Å². The van der Waals surface area contributed by atoms with Crippen LogP contribution in [-0.2, 0) is 25.0 Å². The largest absolute Gasteiger partial charge is 0.369 e.